The molecule has 0 bridgehead atoms. The van der Waals surface area contributed by atoms with Crippen LogP contribution < -0.4 is 5.73 Å². The van der Waals surface area contributed by atoms with E-state index in [1.165, 1.54) is 0 Å². The maximum atomic E-state index is 14.0. The lowest BCUT2D eigenvalue weighted by atomic mass is 10.00. The fraction of sp³-hybridized carbons (Fsp3) is 0.500. The molecule has 0 aliphatic carbocycles. The van der Waals surface area contributed by atoms with Crippen LogP contribution in [-0.2, 0) is 10.0 Å². The lowest BCUT2D eigenvalue weighted by Gasteiger charge is -2.36. The Morgan fingerprint density at radius 1 is 1.35 bits per heavy atom. The number of nitrogens with zero attached hydrogens (tertiary/aromatic N) is 2. The van der Waals surface area contributed by atoms with Gasteiger partial charge in [-0.3, -0.25) is 0 Å². The van der Waals surface area contributed by atoms with E-state index in [0.717, 1.165) is 22.9 Å². The van der Waals surface area contributed by atoms with E-state index in [0.29, 0.717) is 12.8 Å². The molecule has 23 heavy (non-hydrogen) atoms. The summed E-state index contributed by atoms with van der Waals surface area (Å²) in [6.07, 6.45) is 1.98. The zero-order valence-electron chi connectivity index (χ0n) is 12.5. The molecule has 0 saturated carbocycles. The molecule has 1 aliphatic rings. The summed E-state index contributed by atoms with van der Waals surface area (Å²) in [6, 6.07) is 2.09. The van der Waals surface area contributed by atoms with E-state index in [-0.39, 0.29) is 24.5 Å². The molecule has 2 unspecified atom stereocenters. The molecular formula is C14H18ClF2N3O2S. The van der Waals surface area contributed by atoms with Crippen molar-refractivity contribution in [3.8, 4) is 6.07 Å². The third-order valence-electron chi connectivity index (χ3n) is 3.80. The van der Waals surface area contributed by atoms with Crippen molar-refractivity contribution in [3.05, 3.63) is 29.3 Å². The number of benzene rings is 1. The number of nitriles is 1. The van der Waals surface area contributed by atoms with Gasteiger partial charge in [0.1, 0.15) is 11.6 Å². The largest absolute Gasteiger partial charge is 0.326 e. The van der Waals surface area contributed by atoms with Crippen molar-refractivity contribution in [1.29, 1.82) is 5.26 Å². The molecule has 1 heterocycles. The van der Waals surface area contributed by atoms with Crippen molar-refractivity contribution >= 4 is 22.4 Å². The fourth-order valence-electron chi connectivity index (χ4n) is 2.74. The first-order valence-corrected chi connectivity index (χ1v) is 8.39. The smallest absolute Gasteiger partial charge is 0.249 e. The Balaban J connectivity index is 0.00000264. The van der Waals surface area contributed by atoms with Crippen LogP contribution in [0.4, 0.5) is 8.78 Å². The van der Waals surface area contributed by atoms with Gasteiger partial charge in [0.05, 0.1) is 11.6 Å². The summed E-state index contributed by atoms with van der Waals surface area (Å²) in [7, 11) is -4.35. The topological polar surface area (TPSA) is 87.2 Å². The molecule has 5 nitrogen and oxygen atoms in total. The third-order valence-corrected chi connectivity index (χ3v) is 5.78. The van der Waals surface area contributed by atoms with Crippen LogP contribution in [-0.4, -0.2) is 31.4 Å². The Morgan fingerprint density at radius 2 is 1.91 bits per heavy atom. The summed E-state index contributed by atoms with van der Waals surface area (Å²) >= 11 is 0. The zero-order chi connectivity index (χ0) is 16.5. The highest BCUT2D eigenvalue weighted by atomic mass is 35.5. The minimum atomic E-state index is -4.35. The van der Waals surface area contributed by atoms with Gasteiger partial charge in [-0.1, -0.05) is 6.42 Å². The molecule has 0 amide bonds. The van der Waals surface area contributed by atoms with Gasteiger partial charge in [0.2, 0.25) is 10.0 Å². The highest BCUT2D eigenvalue weighted by Gasteiger charge is 2.38. The van der Waals surface area contributed by atoms with Gasteiger partial charge in [0, 0.05) is 18.6 Å². The van der Waals surface area contributed by atoms with Crippen molar-refractivity contribution in [2.45, 2.75) is 43.2 Å². The van der Waals surface area contributed by atoms with E-state index in [9.17, 15) is 17.2 Å². The Kier molecular flexibility index (Phi) is 6.48. The standard InChI is InChI=1S/C14H17F2N3O2S.ClH/c1-9(18)13-4-2-3-5-19(13)22(20,21)14-11(15)6-10(8-17)7-12(14)16;/h6-7,9,13H,2-5,18H2,1H3;1H. The van der Waals surface area contributed by atoms with Gasteiger partial charge in [-0.15, -0.1) is 12.4 Å². The van der Waals surface area contributed by atoms with Crippen molar-refractivity contribution in [2.75, 3.05) is 6.54 Å². The predicted molar refractivity (Wildman–Crippen MR) is 83.5 cm³/mol. The molecule has 128 valence electrons. The monoisotopic (exact) mass is 365 g/mol. The predicted octanol–water partition coefficient (Wildman–Crippen LogP) is 2.15. The lowest BCUT2D eigenvalue weighted by molar-refractivity contribution is 0.226. The minimum Gasteiger partial charge on any atom is -0.326 e. The quantitative estimate of drug-likeness (QED) is 0.889. The van der Waals surface area contributed by atoms with Crippen molar-refractivity contribution in [2.24, 2.45) is 5.73 Å². The summed E-state index contributed by atoms with van der Waals surface area (Å²) in [5.41, 5.74) is 5.55. The van der Waals surface area contributed by atoms with Gasteiger partial charge >= 0.3 is 0 Å². The van der Waals surface area contributed by atoms with E-state index < -0.39 is 38.6 Å². The number of rotatable bonds is 3. The zero-order valence-corrected chi connectivity index (χ0v) is 14.1. The number of piperidine rings is 1. The molecule has 0 radical (unpaired) electrons. The molecule has 1 aromatic rings. The second-order valence-electron chi connectivity index (χ2n) is 5.42. The molecule has 2 atom stereocenters. The summed E-state index contributed by atoms with van der Waals surface area (Å²) in [4.78, 5) is -1.01. The minimum absolute atomic E-state index is 0. The second kappa shape index (κ2) is 7.53. The third kappa shape index (κ3) is 3.80. The first-order valence-electron chi connectivity index (χ1n) is 6.95. The van der Waals surface area contributed by atoms with Crippen LogP contribution >= 0.6 is 12.4 Å². The van der Waals surface area contributed by atoms with Crippen LogP contribution in [0.1, 0.15) is 31.7 Å². The van der Waals surface area contributed by atoms with Crippen LogP contribution in [0.3, 0.4) is 0 Å². The van der Waals surface area contributed by atoms with Crippen LogP contribution in [0, 0.1) is 23.0 Å². The van der Waals surface area contributed by atoms with E-state index >= 15 is 0 Å². The van der Waals surface area contributed by atoms with Crippen molar-refractivity contribution in [1.82, 2.24) is 4.31 Å². The highest BCUT2D eigenvalue weighted by molar-refractivity contribution is 7.89. The molecule has 1 fully saturated rings. The van der Waals surface area contributed by atoms with E-state index in [1.807, 2.05) is 0 Å². The molecular weight excluding hydrogens is 348 g/mol. The second-order valence-corrected chi connectivity index (χ2v) is 7.25. The van der Waals surface area contributed by atoms with Crippen molar-refractivity contribution < 1.29 is 17.2 Å². The van der Waals surface area contributed by atoms with Gasteiger partial charge < -0.3 is 5.73 Å². The van der Waals surface area contributed by atoms with Crippen LogP contribution in [0.15, 0.2) is 17.0 Å². The number of nitrogens with two attached hydrogens (primary N) is 1. The average molecular weight is 366 g/mol. The van der Waals surface area contributed by atoms with Crippen LogP contribution in [0.2, 0.25) is 0 Å². The molecule has 2 N–H and O–H groups in total. The normalized spacial score (nSPS) is 20.4. The lowest BCUT2D eigenvalue weighted by Crippen LogP contribution is -2.51. The molecule has 0 aromatic heterocycles. The average Bonchev–Trinajstić information content (AvgIpc) is 2.46. The van der Waals surface area contributed by atoms with Gasteiger partial charge in [-0.25, -0.2) is 17.2 Å². The number of hydrogen-bond acceptors (Lipinski definition) is 4. The molecule has 2 rings (SSSR count). The van der Waals surface area contributed by atoms with E-state index in [2.05, 4.69) is 0 Å². The Morgan fingerprint density at radius 3 is 2.39 bits per heavy atom. The highest BCUT2D eigenvalue weighted by Crippen LogP contribution is 2.30. The molecule has 0 spiro atoms. The van der Waals surface area contributed by atoms with Gasteiger partial charge in [-0.2, -0.15) is 9.57 Å². The molecule has 9 heteroatoms. The van der Waals surface area contributed by atoms with E-state index in [4.69, 9.17) is 11.0 Å². The van der Waals surface area contributed by atoms with Crippen LogP contribution in [0.25, 0.3) is 0 Å². The summed E-state index contributed by atoms with van der Waals surface area (Å²) in [5.74, 6) is -2.52. The molecule has 1 aromatic carbocycles. The maximum Gasteiger partial charge on any atom is 0.249 e. The Bertz CT molecular complexity index is 696. The van der Waals surface area contributed by atoms with E-state index in [1.54, 1.807) is 13.0 Å². The summed E-state index contributed by atoms with van der Waals surface area (Å²) in [5, 5.41) is 8.68. The maximum absolute atomic E-state index is 14.0. The summed E-state index contributed by atoms with van der Waals surface area (Å²) in [6.45, 7) is 1.84. The summed E-state index contributed by atoms with van der Waals surface area (Å²) < 4.78 is 54.5. The first-order chi connectivity index (χ1) is 10.3. The van der Waals surface area contributed by atoms with Crippen molar-refractivity contribution in [3.63, 3.8) is 0 Å². The number of sulfonamides is 1. The first kappa shape index (κ1) is 19.8. The van der Waals surface area contributed by atoms with Crippen LogP contribution in [0.5, 0.6) is 0 Å². The van der Waals surface area contributed by atoms with Gasteiger partial charge in [0.25, 0.3) is 0 Å². The number of halogens is 3. The fourth-order valence-corrected chi connectivity index (χ4v) is 4.61. The molecule has 1 saturated heterocycles. The molecule has 1 aliphatic heterocycles. The van der Waals surface area contributed by atoms with Gasteiger partial charge in [0.15, 0.2) is 4.90 Å². The van der Waals surface area contributed by atoms with Gasteiger partial charge in [-0.05, 0) is 31.9 Å². The number of hydrogen-bond donors (Lipinski definition) is 1. The Hall–Kier alpha value is -1.27. The Labute approximate surface area is 140 Å². The SMILES string of the molecule is CC(N)C1CCCCN1S(=O)(=O)c1c(F)cc(C#N)cc1F.Cl.